The molecule has 0 bridgehead atoms. The van der Waals surface area contributed by atoms with Crippen molar-refractivity contribution in [2.45, 2.75) is 6.42 Å². The Kier molecular flexibility index (Phi) is 5.47. The Bertz CT molecular complexity index is 800. The number of aliphatic hydroxyl groups excluding tert-OH is 1. The molecule has 2 aromatic rings. The molecule has 1 amide bonds. The zero-order valence-electron chi connectivity index (χ0n) is 13.1. The molecule has 0 radical (unpaired) electrons. The van der Waals surface area contributed by atoms with Crippen molar-refractivity contribution >= 4 is 40.6 Å². The average Bonchev–Trinajstić information content (AvgIpc) is 3.01. The smallest absolute Gasteiger partial charge is 0.259 e. The van der Waals surface area contributed by atoms with Gasteiger partial charge in [0.15, 0.2) is 0 Å². The Balaban J connectivity index is 1.81. The molecule has 1 atom stereocenters. The van der Waals surface area contributed by atoms with E-state index in [1.165, 1.54) is 18.7 Å². The van der Waals surface area contributed by atoms with Gasteiger partial charge in [0.25, 0.3) is 5.91 Å². The van der Waals surface area contributed by atoms with Crippen molar-refractivity contribution in [3.05, 3.63) is 52.5 Å². The molecule has 0 aliphatic carbocycles. The average molecular weight is 380 g/mol. The zero-order chi connectivity index (χ0) is 17.8. The zero-order valence-corrected chi connectivity index (χ0v) is 14.6. The molecule has 7 nitrogen and oxygen atoms in total. The summed E-state index contributed by atoms with van der Waals surface area (Å²) in [5.74, 6) is 0.0142. The number of benzene rings is 1. The SMILES string of the molecule is O=C(NC1=NN(c2ccc(Cl)c(Cl)c2)C[C@@H]1CCO)c1cncnc1. The molecular weight excluding hydrogens is 365 g/mol. The predicted octanol–water partition coefficient (Wildman–Crippen LogP) is 2.35. The Morgan fingerprint density at radius 1 is 1.28 bits per heavy atom. The van der Waals surface area contributed by atoms with Crippen LogP contribution in [0.4, 0.5) is 5.69 Å². The van der Waals surface area contributed by atoms with Crippen LogP contribution in [0.3, 0.4) is 0 Å². The summed E-state index contributed by atoms with van der Waals surface area (Å²) in [6, 6.07) is 5.19. The first-order valence-electron chi connectivity index (χ1n) is 7.57. The molecule has 3 rings (SSSR count). The molecule has 1 aromatic carbocycles. The highest BCUT2D eigenvalue weighted by atomic mass is 35.5. The highest BCUT2D eigenvalue weighted by molar-refractivity contribution is 6.42. The normalized spacial score (nSPS) is 16.7. The van der Waals surface area contributed by atoms with Crippen molar-refractivity contribution in [1.82, 2.24) is 15.3 Å². The molecule has 25 heavy (non-hydrogen) atoms. The maximum absolute atomic E-state index is 12.3. The second-order valence-electron chi connectivity index (χ2n) is 5.46. The molecule has 1 aliphatic rings. The Hall–Kier alpha value is -2.22. The lowest BCUT2D eigenvalue weighted by Gasteiger charge is -2.16. The Morgan fingerprint density at radius 2 is 2.04 bits per heavy atom. The fourth-order valence-electron chi connectivity index (χ4n) is 2.47. The van der Waals surface area contributed by atoms with Crippen LogP contribution in [-0.4, -0.2) is 40.0 Å². The molecule has 0 fully saturated rings. The highest BCUT2D eigenvalue weighted by Crippen LogP contribution is 2.30. The van der Waals surface area contributed by atoms with E-state index in [0.717, 1.165) is 5.69 Å². The first-order chi connectivity index (χ1) is 12.1. The predicted molar refractivity (Wildman–Crippen MR) is 95.9 cm³/mol. The van der Waals surface area contributed by atoms with Crippen LogP contribution in [0.2, 0.25) is 10.0 Å². The number of nitrogens with zero attached hydrogens (tertiary/aromatic N) is 4. The van der Waals surface area contributed by atoms with Gasteiger partial charge >= 0.3 is 0 Å². The number of anilines is 1. The summed E-state index contributed by atoms with van der Waals surface area (Å²) in [4.78, 5) is 20.0. The molecule has 0 saturated carbocycles. The van der Waals surface area contributed by atoms with Gasteiger partial charge in [-0.25, -0.2) is 9.97 Å². The van der Waals surface area contributed by atoms with Gasteiger partial charge in [0, 0.05) is 24.9 Å². The van der Waals surface area contributed by atoms with Crippen LogP contribution in [0, 0.1) is 5.92 Å². The third-order valence-corrected chi connectivity index (χ3v) is 4.49. The summed E-state index contributed by atoms with van der Waals surface area (Å²) in [6.07, 6.45) is 4.68. The first-order valence-corrected chi connectivity index (χ1v) is 8.32. The van der Waals surface area contributed by atoms with E-state index in [1.54, 1.807) is 23.2 Å². The molecular formula is C16H15Cl2N5O2. The number of amides is 1. The third-order valence-electron chi connectivity index (χ3n) is 3.75. The molecule has 2 N–H and O–H groups in total. The monoisotopic (exact) mass is 379 g/mol. The number of hydrogen-bond acceptors (Lipinski definition) is 6. The van der Waals surface area contributed by atoms with Crippen molar-refractivity contribution in [1.29, 1.82) is 0 Å². The minimum atomic E-state index is -0.349. The van der Waals surface area contributed by atoms with Gasteiger partial charge in [-0.1, -0.05) is 23.2 Å². The minimum Gasteiger partial charge on any atom is -0.396 e. The van der Waals surface area contributed by atoms with E-state index in [9.17, 15) is 9.90 Å². The number of carbonyl (C=O) groups excluding carboxylic acids is 1. The highest BCUT2D eigenvalue weighted by Gasteiger charge is 2.29. The lowest BCUT2D eigenvalue weighted by atomic mass is 10.1. The Labute approximate surface area is 154 Å². The van der Waals surface area contributed by atoms with Crippen LogP contribution >= 0.6 is 23.2 Å². The molecule has 0 unspecified atom stereocenters. The largest absolute Gasteiger partial charge is 0.396 e. The molecule has 0 saturated heterocycles. The number of aromatic nitrogens is 2. The van der Waals surface area contributed by atoms with Crippen LogP contribution in [0.15, 0.2) is 42.0 Å². The van der Waals surface area contributed by atoms with Crippen LogP contribution in [0.25, 0.3) is 0 Å². The van der Waals surface area contributed by atoms with Crippen molar-refractivity contribution in [2.24, 2.45) is 11.0 Å². The fourth-order valence-corrected chi connectivity index (χ4v) is 2.76. The molecule has 0 spiro atoms. The number of carbonyl (C=O) groups is 1. The molecule has 9 heteroatoms. The van der Waals surface area contributed by atoms with E-state index >= 15 is 0 Å². The van der Waals surface area contributed by atoms with Gasteiger partial charge in [-0.3, -0.25) is 9.80 Å². The van der Waals surface area contributed by atoms with Crippen LogP contribution < -0.4 is 10.3 Å². The number of aliphatic hydroxyl groups is 1. The van der Waals surface area contributed by atoms with Crippen molar-refractivity contribution in [2.75, 3.05) is 18.2 Å². The van der Waals surface area contributed by atoms with Crippen molar-refractivity contribution in [3.8, 4) is 0 Å². The van der Waals surface area contributed by atoms with Gasteiger partial charge in [0.2, 0.25) is 0 Å². The summed E-state index contributed by atoms with van der Waals surface area (Å²) in [5, 5.41) is 19.1. The second-order valence-corrected chi connectivity index (χ2v) is 6.27. The summed E-state index contributed by atoms with van der Waals surface area (Å²) >= 11 is 12.0. The van der Waals surface area contributed by atoms with Gasteiger partial charge in [-0.2, -0.15) is 5.10 Å². The van der Waals surface area contributed by atoms with E-state index in [0.29, 0.717) is 34.4 Å². The van der Waals surface area contributed by atoms with E-state index in [2.05, 4.69) is 20.4 Å². The van der Waals surface area contributed by atoms with Crippen molar-refractivity contribution in [3.63, 3.8) is 0 Å². The molecule has 1 aliphatic heterocycles. The second kappa shape index (κ2) is 7.77. The number of nitrogens with one attached hydrogen (secondary N) is 1. The van der Waals surface area contributed by atoms with E-state index < -0.39 is 0 Å². The lowest BCUT2D eigenvalue weighted by Crippen LogP contribution is -2.35. The summed E-state index contributed by atoms with van der Waals surface area (Å²) in [6.45, 7) is 0.503. The quantitative estimate of drug-likeness (QED) is 0.850. The standard InChI is InChI=1S/C16H15Cl2N5O2/c17-13-2-1-12(5-14(13)18)23-8-10(3-4-24)15(22-23)21-16(25)11-6-19-9-20-7-11/h1-2,5-7,9-10,24H,3-4,8H2,(H,21,22,25)/t10-/m0/s1. The van der Waals surface area contributed by atoms with E-state index in [1.807, 2.05) is 0 Å². The van der Waals surface area contributed by atoms with Gasteiger partial charge in [0.05, 0.1) is 27.8 Å². The molecule has 2 heterocycles. The minimum absolute atomic E-state index is 0.0107. The maximum atomic E-state index is 12.3. The topological polar surface area (TPSA) is 90.7 Å². The lowest BCUT2D eigenvalue weighted by molar-refractivity contribution is 0.0974. The third kappa shape index (κ3) is 4.07. The fraction of sp³-hybridized carbons (Fsp3) is 0.250. The number of rotatable bonds is 4. The van der Waals surface area contributed by atoms with Gasteiger partial charge in [-0.05, 0) is 24.6 Å². The number of hydrogen-bond donors (Lipinski definition) is 2. The van der Waals surface area contributed by atoms with Crippen LogP contribution in [-0.2, 0) is 0 Å². The number of hydrazone groups is 1. The van der Waals surface area contributed by atoms with E-state index in [-0.39, 0.29) is 18.4 Å². The van der Waals surface area contributed by atoms with Crippen molar-refractivity contribution < 1.29 is 9.90 Å². The Morgan fingerprint density at radius 3 is 2.72 bits per heavy atom. The summed E-state index contributed by atoms with van der Waals surface area (Å²) in [7, 11) is 0. The van der Waals surface area contributed by atoms with Gasteiger partial charge < -0.3 is 10.4 Å². The summed E-state index contributed by atoms with van der Waals surface area (Å²) in [5.41, 5.74) is 1.09. The van der Waals surface area contributed by atoms with Gasteiger partial charge in [-0.15, -0.1) is 0 Å². The summed E-state index contributed by atoms with van der Waals surface area (Å²) < 4.78 is 0. The van der Waals surface area contributed by atoms with E-state index in [4.69, 9.17) is 23.2 Å². The van der Waals surface area contributed by atoms with Crippen LogP contribution in [0.1, 0.15) is 16.8 Å². The maximum Gasteiger partial charge on any atom is 0.259 e. The molecule has 130 valence electrons. The first kappa shape index (κ1) is 17.6. The number of halogens is 2. The van der Waals surface area contributed by atoms with Crippen LogP contribution in [0.5, 0.6) is 0 Å². The van der Waals surface area contributed by atoms with Gasteiger partial charge in [0.1, 0.15) is 12.2 Å². The number of amidine groups is 1. The molecule has 1 aromatic heterocycles.